The fourth-order valence-corrected chi connectivity index (χ4v) is 0.977. The molecule has 0 aromatic carbocycles. The van der Waals surface area contributed by atoms with Crippen LogP contribution in [0.4, 0.5) is 0 Å². The Morgan fingerprint density at radius 2 is 2.00 bits per heavy atom. The number of hydrogen-bond acceptors (Lipinski definition) is 3. The lowest BCUT2D eigenvalue weighted by Crippen LogP contribution is -2.41. The summed E-state index contributed by atoms with van der Waals surface area (Å²) in [7, 11) is 1.39. The van der Waals surface area contributed by atoms with Crippen LogP contribution in [0.3, 0.4) is 0 Å². The number of methoxy groups -OCH3 is 1. The Labute approximate surface area is 79.8 Å². The quantitative estimate of drug-likeness (QED) is 0.517. The zero-order chi connectivity index (χ0) is 10.4. The van der Waals surface area contributed by atoms with Crippen molar-refractivity contribution in [3.05, 3.63) is 0 Å². The van der Waals surface area contributed by atoms with E-state index in [4.69, 9.17) is 6.42 Å². The molecule has 0 amide bonds. The zero-order valence-electron chi connectivity index (χ0n) is 8.63. The molecular formula is C10H17NO2. The molecule has 0 aliphatic heterocycles. The molecule has 0 aliphatic rings. The minimum Gasteiger partial charge on any atom is -0.469 e. The van der Waals surface area contributed by atoms with Crippen LogP contribution in [0.2, 0.25) is 0 Å². The van der Waals surface area contributed by atoms with Crippen molar-refractivity contribution in [3.8, 4) is 12.3 Å². The Hall–Kier alpha value is -1.01. The van der Waals surface area contributed by atoms with E-state index in [1.807, 2.05) is 20.8 Å². The van der Waals surface area contributed by atoms with Crippen molar-refractivity contribution in [3.63, 3.8) is 0 Å². The maximum atomic E-state index is 11.1. The first-order chi connectivity index (χ1) is 6.02. The van der Waals surface area contributed by atoms with Crippen molar-refractivity contribution in [2.24, 2.45) is 5.92 Å². The summed E-state index contributed by atoms with van der Waals surface area (Å²) in [6.07, 6.45) is 5.20. The number of carbonyl (C=O) groups excluding carboxylic acids is 1. The van der Waals surface area contributed by atoms with Crippen molar-refractivity contribution in [1.29, 1.82) is 0 Å². The molecule has 74 valence electrons. The lowest BCUT2D eigenvalue weighted by Gasteiger charge is -2.20. The van der Waals surface area contributed by atoms with Crippen LogP contribution in [0.1, 0.15) is 20.8 Å². The van der Waals surface area contributed by atoms with E-state index in [1.54, 1.807) is 0 Å². The Bertz CT molecular complexity index is 207. The molecule has 0 spiro atoms. The van der Waals surface area contributed by atoms with E-state index in [-0.39, 0.29) is 24.0 Å². The Balaban J connectivity index is 4.04. The first-order valence-electron chi connectivity index (χ1n) is 4.33. The van der Waals surface area contributed by atoms with Crippen LogP contribution in [-0.4, -0.2) is 25.2 Å². The lowest BCUT2D eigenvalue weighted by molar-refractivity contribution is -0.145. The summed E-state index contributed by atoms with van der Waals surface area (Å²) in [5, 5.41) is 3.11. The normalized spacial score (nSPS) is 16.8. The second kappa shape index (κ2) is 5.60. The summed E-state index contributed by atoms with van der Waals surface area (Å²) in [6, 6.07) is 0.000561. The van der Waals surface area contributed by atoms with Crippen LogP contribution < -0.4 is 5.32 Å². The van der Waals surface area contributed by atoms with Crippen molar-refractivity contribution >= 4 is 5.97 Å². The molecule has 0 bridgehead atoms. The number of ether oxygens (including phenoxy) is 1. The molecule has 3 atom stereocenters. The van der Waals surface area contributed by atoms with E-state index in [2.05, 4.69) is 16.0 Å². The fourth-order valence-electron chi connectivity index (χ4n) is 0.977. The topological polar surface area (TPSA) is 38.3 Å². The molecule has 13 heavy (non-hydrogen) atoms. The van der Waals surface area contributed by atoms with Gasteiger partial charge in [-0.1, -0.05) is 12.8 Å². The summed E-state index contributed by atoms with van der Waals surface area (Å²) in [5.41, 5.74) is 0. The third-order valence-electron chi connectivity index (χ3n) is 2.09. The second-order valence-corrected chi connectivity index (χ2v) is 3.16. The van der Waals surface area contributed by atoms with Crippen molar-refractivity contribution in [2.75, 3.05) is 7.11 Å². The van der Waals surface area contributed by atoms with Crippen molar-refractivity contribution in [2.45, 2.75) is 32.9 Å². The summed E-state index contributed by atoms with van der Waals surface area (Å²) in [4.78, 5) is 11.1. The Morgan fingerprint density at radius 1 is 1.46 bits per heavy atom. The molecule has 0 aliphatic carbocycles. The summed E-state index contributed by atoms with van der Waals surface area (Å²) in [5.74, 6) is 2.15. The van der Waals surface area contributed by atoms with E-state index < -0.39 is 0 Å². The van der Waals surface area contributed by atoms with E-state index in [1.165, 1.54) is 7.11 Å². The second-order valence-electron chi connectivity index (χ2n) is 3.16. The molecule has 3 heteroatoms. The summed E-state index contributed by atoms with van der Waals surface area (Å²) >= 11 is 0. The Kier molecular flexibility index (Phi) is 5.17. The van der Waals surface area contributed by atoms with Crippen LogP contribution in [0.15, 0.2) is 0 Å². The van der Waals surface area contributed by atoms with Gasteiger partial charge in [-0.2, -0.15) is 0 Å². The molecule has 0 saturated heterocycles. The van der Waals surface area contributed by atoms with Crippen molar-refractivity contribution < 1.29 is 9.53 Å². The van der Waals surface area contributed by atoms with E-state index in [0.29, 0.717) is 0 Å². The maximum absolute atomic E-state index is 11.1. The number of rotatable bonds is 4. The number of nitrogens with one attached hydrogen (secondary N) is 1. The fraction of sp³-hybridized carbons (Fsp3) is 0.700. The first kappa shape index (κ1) is 12.0. The van der Waals surface area contributed by atoms with Gasteiger partial charge >= 0.3 is 5.97 Å². The smallest absolute Gasteiger partial charge is 0.309 e. The molecule has 3 unspecified atom stereocenters. The standard InChI is InChI=1S/C10H17NO2/c1-6-7(2)11-9(4)8(3)10(12)13-5/h1,7-9,11H,2-5H3. The van der Waals surface area contributed by atoms with E-state index >= 15 is 0 Å². The third kappa shape index (κ3) is 3.95. The third-order valence-corrected chi connectivity index (χ3v) is 2.09. The van der Waals surface area contributed by atoms with Crippen molar-refractivity contribution in [1.82, 2.24) is 5.32 Å². The number of esters is 1. The molecule has 0 aromatic heterocycles. The molecule has 0 radical (unpaired) electrons. The van der Waals surface area contributed by atoms with Gasteiger partial charge in [0.1, 0.15) is 0 Å². The molecule has 0 fully saturated rings. The van der Waals surface area contributed by atoms with Crippen LogP contribution in [0, 0.1) is 18.3 Å². The Morgan fingerprint density at radius 3 is 2.38 bits per heavy atom. The largest absolute Gasteiger partial charge is 0.469 e. The number of carbonyl (C=O) groups is 1. The average molecular weight is 183 g/mol. The highest BCUT2D eigenvalue weighted by atomic mass is 16.5. The minimum absolute atomic E-state index is 0.0258. The van der Waals surface area contributed by atoms with Crippen LogP contribution in [-0.2, 0) is 9.53 Å². The molecular weight excluding hydrogens is 166 g/mol. The summed E-state index contributed by atoms with van der Waals surface area (Å²) < 4.78 is 4.62. The molecule has 0 saturated carbocycles. The van der Waals surface area contributed by atoms with E-state index in [9.17, 15) is 4.79 Å². The van der Waals surface area contributed by atoms with Gasteiger partial charge in [-0.15, -0.1) is 6.42 Å². The van der Waals surface area contributed by atoms with Gasteiger partial charge in [0.25, 0.3) is 0 Å². The number of hydrogen-bond donors (Lipinski definition) is 1. The van der Waals surface area contributed by atoms with Gasteiger partial charge in [0, 0.05) is 6.04 Å². The van der Waals surface area contributed by atoms with Gasteiger partial charge in [0.05, 0.1) is 19.1 Å². The van der Waals surface area contributed by atoms with Crippen LogP contribution in [0.5, 0.6) is 0 Å². The predicted octanol–water partition coefficient (Wildman–Crippen LogP) is 0.795. The SMILES string of the molecule is C#CC(C)NC(C)C(C)C(=O)OC. The van der Waals surface area contributed by atoms with Gasteiger partial charge in [0.2, 0.25) is 0 Å². The average Bonchev–Trinajstić information content (AvgIpc) is 2.14. The van der Waals surface area contributed by atoms with Gasteiger partial charge in [-0.05, 0) is 13.8 Å². The number of terminal acetylenes is 1. The van der Waals surface area contributed by atoms with Gasteiger partial charge in [-0.3, -0.25) is 4.79 Å². The first-order valence-corrected chi connectivity index (χ1v) is 4.33. The molecule has 3 nitrogen and oxygen atoms in total. The molecule has 1 N–H and O–H groups in total. The molecule has 0 aromatic rings. The molecule has 0 rings (SSSR count). The highest BCUT2D eigenvalue weighted by Gasteiger charge is 2.21. The van der Waals surface area contributed by atoms with Crippen LogP contribution >= 0.6 is 0 Å². The van der Waals surface area contributed by atoms with Crippen LogP contribution in [0.25, 0.3) is 0 Å². The summed E-state index contributed by atoms with van der Waals surface area (Å²) in [6.45, 7) is 5.60. The van der Waals surface area contributed by atoms with Gasteiger partial charge in [0.15, 0.2) is 0 Å². The lowest BCUT2D eigenvalue weighted by atomic mass is 10.0. The maximum Gasteiger partial charge on any atom is 0.309 e. The minimum atomic E-state index is -0.218. The predicted molar refractivity (Wildman–Crippen MR) is 52.1 cm³/mol. The highest BCUT2D eigenvalue weighted by Crippen LogP contribution is 2.05. The zero-order valence-corrected chi connectivity index (χ0v) is 8.63. The van der Waals surface area contributed by atoms with Gasteiger partial charge in [-0.25, -0.2) is 0 Å². The highest BCUT2D eigenvalue weighted by molar-refractivity contribution is 5.72. The monoisotopic (exact) mass is 183 g/mol. The van der Waals surface area contributed by atoms with E-state index in [0.717, 1.165) is 0 Å². The molecule has 0 heterocycles. The van der Waals surface area contributed by atoms with Gasteiger partial charge < -0.3 is 10.1 Å².